The second-order valence-electron chi connectivity index (χ2n) is 6.54. The molecule has 4 nitrogen and oxygen atoms in total. The normalized spacial score (nSPS) is 23.0. The lowest BCUT2D eigenvalue weighted by Gasteiger charge is -2.28. The summed E-state index contributed by atoms with van der Waals surface area (Å²) in [6, 6.07) is 5.77. The Hall–Kier alpha value is -2.10. The molecular weight excluding hydrogens is 264 g/mol. The molecule has 2 aliphatic heterocycles. The highest BCUT2D eigenvalue weighted by Crippen LogP contribution is 2.44. The number of ether oxygens (including phenoxy) is 1. The molecule has 0 spiro atoms. The van der Waals surface area contributed by atoms with Gasteiger partial charge in [0.15, 0.2) is 0 Å². The van der Waals surface area contributed by atoms with Crippen LogP contribution >= 0.6 is 0 Å². The Balaban J connectivity index is 2.03. The number of carbonyl (C=O) groups is 1. The predicted molar refractivity (Wildman–Crippen MR) is 83.7 cm³/mol. The first kappa shape index (κ1) is 13.9. The van der Waals surface area contributed by atoms with Crippen molar-refractivity contribution in [2.24, 2.45) is 4.99 Å². The molecule has 0 radical (unpaired) electrons. The molecule has 2 aliphatic rings. The van der Waals surface area contributed by atoms with Crippen molar-refractivity contribution in [3.05, 3.63) is 41.7 Å². The molecule has 0 saturated carbocycles. The van der Waals surface area contributed by atoms with Crippen molar-refractivity contribution in [2.45, 2.75) is 45.3 Å². The summed E-state index contributed by atoms with van der Waals surface area (Å²) in [6.07, 6.45) is 5.42. The van der Waals surface area contributed by atoms with Crippen LogP contribution in [0.25, 0.3) is 0 Å². The van der Waals surface area contributed by atoms with E-state index in [0.29, 0.717) is 0 Å². The third kappa shape index (κ3) is 2.35. The first-order chi connectivity index (χ1) is 9.88. The van der Waals surface area contributed by atoms with Crippen LogP contribution in [0, 0.1) is 0 Å². The number of hydrogen-bond acceptors (Lipinski definition) is 4. The fourth-order valence-electron chi connectivity index (χ4n) is 2.98. The predicted octanol–water partition coefficient (Wildman–Crippen LogP) is 3.22. The topological polar surface area (TPSA) is 41.9 Å². The number of carbonyl (C=O) groups excluding carboxylic acids is 1. The van der Waals surface area contributed by atoms with Crippen LogP contribution in [0.1, 0.15) is 44.7 Å². The quantitative estimate of drug-likeness (QED) is 0.744. The van der Waals surface area contributed by atoms with Crippen molar-refractivity contribution in [1.29, 1.82) is 0 Å². The Bertz CT molecular complexity index is 641. The van der Waals surface area contributed by atoms with E-state index in [1.54, 1.807) is 6.20 Å². The van der Waals surface area contributed by atoms with Gasteiger partial charge in [0.1, 0.15) is 11.6 Å². The zero-order valence-electron chi connectivity index (χ0n) is 12.8. The maximum absolute atomic E-state index is 12.6. The van der Waals surface area contributed by atoms with Crippen LogP contribution in [0.2, 0.25) is 0 Å². The first-order valence-electron chi connectivity index (χ1n) is 7.22. The Kier molecular flexibility index (Phi) is 3.12. The van der Waals surface area contributed by atoms with Gasteiger partial charge in [-0.25, -0.2) is 4.79 Å². The molecule has 2 heterocycles. The van der Waals surface area contributed by atoms with E-state index in [1.165, 1.54) is 5.56 Å². The number of para-hydroxylation sites is 1. The van der Waals surface area contributed by atoms with Gasteiger partial charge in [0.2, 0.25) is 0 Å². The van der Waals surface area contributed by atoms with E-state index in [4.69, 9.17) is 4.74 Å². The Morgan fingerprint density at radius 1 is 1.33 bits per heavy atom. The number of aliphatic imine (C=N–C) groups is 1. The number of nitrogens with zero attached hydrogens (tertiary/aromatic N) is 2. The number of anilines is 1. The SMILES string of the molecule is CC1c2cccc3c2N(C=CN=C3)C1C(=O)OC(C)(C)C. The van der Waals surface area contributed by atoms with Crippen molar-refractivity contribution in [2.75, 3.05) is 4.90 Å². The van der Waals surface area contributed by atoms with E-state index in [9.17, 15) is 4.79 Å². The van der Waals surface area contributed by atoms with Crippen LogP contribution in [0.4, 0.5) is 5.69 Å². The Labute approximate surface area is 125 Å². The zero-order valence-corrected chi connectivity index (χ0v) is 12.8. The second kappa shape index (κ2) is 4.72. The van der Waals surface area contributed by atoms with Crippen molar-refractivity contribution in [3.63, 3.8) is 0 Å². The summed E-state index contributed by atoms with van der Waals surface area (Å²) in [4.78, 5) is 18.8. The Morgan fingerprint density at radius 2 is 2.10 bits per heavy atom. The molecule has 0 bridgehead atoms. The van der Waals surface area contributed by atoms with Crippen LogP contribution in [0.5, 0.6) is 0 Å². The van der Waals surface area contributed by atoms with Gasteiger partial charge >= 0.3 is 5.97 Å². The van der Waals surface area contributed by atoms with Crippen LogP contribution in [0.15, 0.2) is 35.6 Å². The maximum atomic E-state index is 12.6. The molecule has 0 amide bonds. The summed E-state index contributed by atoms with van der Waals surface area (Å²) in [7, 11) is 0. The van der Waals surface area contributed by atoms with E-state index in [0.717, 1.165) is 11.3 Å². The minimum atomic E-state index is -0.486. The van der Waals surface area contributed by atoms with E-state index in [1.807, 2.05) is 50.2 Å². The maximum Gasteiger partial charge on any atom is 0.330 e. The van der Waals surface area contributed by atoms with Crippen molar-refractivity contribution in [1.82, 2.24) is 0 Å². The van der Waals surface area contributed by atoms with Crippen LogP contribution in [-0.4, -0.2) is 23.8 Å². The summed E-state index contributed by atoms with van der Waals surface area (Å²) in [5, 5.41) is 0. The smallest absolute Gasteiger partial charge is 0.330 e. The van der Waals surface area contributed by atoms with Crippen LogP contribution in [-0.2, 0) is 9.53 Å². The largest absolute Gasteiger partial charge is 0.458 e. The van der Waals surface area contributed by atoms with Gasteiger partial charge in [0.25, 0.3) is 0 Å². The average Bonchev–Trinajstić information content (AvgIpc) is 2.54. The highest BCUT2D eigenvalue weighted by Gasteiger charge is 2.43. The minimum Gasteiger partial charge on any atom is -0.458 e. The van der Waals surface area contributed by atoms with E-state index >= 15 is 0 Å². The fraction of sp³-hybridized carbons (Fsp3) is 0.412. The molecular formula is C17H20N2O2. The third-order valence-corrected chi connectivity index (χ3v) is 3.80. The fourth-order valence-corrected chi connectivity index (χ4v) is 2.98. The summed E-state index contributed by atoms with van der Waals surface area (Å²) in [5.74, 6) is -0.102. The molecule has 21 heavy (non-hydrogen) atoms. The van der Waals surface area contributed by atoms with Gasteiger partial charge in [-0.1, -0.05) is 25.1 Å². The average molecular weight is 284 g/mol. The molecule has 0 saturated heterocycles. The molecule has 0 N–H and O–H groups in total. The number of rotatable bonds is 1. The summed E-state index contributed by atoms with van der Waals surface area (Å²) < 4.78 is 5.60. The molecule has 1 aromatic carbocycles. The molecule has 1 aromatic rings. The first-order valence-corrected chi connectivity index (χ1v) is 7.22. The summed E-state index contributed by atoms with van der Waals surface area (Å²) in [5.41, 5.74) is 2.79. The van der Waals surface area contributed by atoms with Gasteiger partial charge in [-0.05, 0) is 26.3 Å². The highest BCUT2D eigenvalue weighted by molar-refractivity contribution is 5.96. The highest BCUT2D eigenvalue weighted by atomic mass is 16.6. The summed E-state index contributed by atoms with van der Waals surface area (Å²) in [6.45, 7) is 7.75. The second-order valence-corrected chi connectivity index (χ2v) is 6.54. The van der Waals surface area contributed by atoms with E-state index in [2.05, 4.69) is 18.0 Å². The molecule has 0 aromatic heterocycles. The van der Waals surface area contributed by atoms with Gasteiger partial charge in [0, 0.05) is 30.1 Å². The van der Waals surface area contributed by atoms with Gasteiger partial charge < -0.3 is 9.64 Å². The van der Waals surface area contributed by atoms with Crippen molar-refractivity contribution < 1.29 is 9.53 Å². The number of esters is 1. The number of hydrogen-bond donors (Lipinski definition) is 0. The molecule has 0 aliphatic carbocycles. The molecule has 4 heteroatoms. The lowest BCUT2D eigenvalue weighted by molar-refractivity contribution is -0.156. The van der Waals surface area contributed by atoms with Gasteiger partial charge in [-0.15, -0.1) is 0 Å². The standard InChI is InChI=1S/C17H20N2O2/c1-11-13-7-5-6-12-10-18-8-9-19(15(12)13)14(11)16(20)21-17(2,3)4/h5-11,14H,1-4H3. The molecule has 2 atom stereocenters. The summed E-state index contributed by atoms with van der Waals surface area (Å²) >= 11 is 0. The number of benzene rings is 1. The van der Waals surface area contributed by atoms with Crippen LogP contribution in [0.3, 0.4) is 0 Å². The molecule has 3 rings (SSSR count). The Morgan fingerprint density at radius 3 is 2.81 bits per heavy atom. The van der Waals surface area contributed by atoms with Gasteiger partial charge in [0.05, 0.1) is 5.69 Å². The van der Waals surface area contributed by atoms with Crippen molar-refractivity contribution >= 4 is 17.9 Å². The molecule has 0 fully saturated rings. The minimum absolute atomic E-state index is 0.0888. The van der Waals surface area contributed by atoms with E-state index < -0.39 is 5.60 Å². The van der Waals surface area contributed by atoms with Gasteiger partial charge in [-0.2, -0.15) is 0 Å². The van der Waals surface area contributed by atoms with Crippen LogP contribution < -0.4 is 4.90 Å². The van der Waals surface area contributed by atoms with Crippen molar-refractivity contribution in [3.8, 4) is 0 Å². The van der Waals surface area contributed by atoms with Gasteiger partial charge in [-0.3, -0.25) is 4.99 Å². The van der Waals surface area contributed by atoms with E-state index in [-0.39, 0.29) is 17.9 Å². The molecule has 2 unspecified atom stereocenters. The lowest BCUT2D eigenvalue weighted by Crippen LogP contribution is -2.41. The zero-order chi connectivity index (χ0) is 15.2. The molecule has 110 valence electrons. The third-order valence-electron chi connectivity index (χ3n) is 3.80. The lowest BCUT2D eigenvalue weighted by atomic mass is 9.96. The monoisotopic (exact) mass is 284 g/mol.